The number of hydrogen-bond donors (Lipinski definition) is 1. The number of halogens is 1. The Morgan fingerprint density at radius 3 is 2.61 bits per heavy atom. The number of amides is 1. The van der Waals surface area contributed by atoms with Crippen LogP contribution in [0.4, 0.5) is 5.69 Å². The van der Waals surface area contributed by atoms with Gasteiger partial charge in [-0.25, -0.2) is 0 Å². The van der Waals surface area contributed by atoms with Crippen molar-refractivity contribution in [2.24, 2.45) is 7.05 Å². The summed E-state index contributed by atoms with van der Waals surface area (Å²) < 4.78 is 1.70. The molecule has 0 atom stereocenters. The van der Waals surface area contributed by atoms with Gasteiger partial charge in [-0.1, -0.05) is 23.7 Å². The Balaban J connectivity index is 2.33. The SMILES string of the molecule is Cc1c(/C=C(\C#N)C(=O)Nc2ccccc2Cl)cc(C#N)n1C. The highest BCUT2D eigenvalue weighted by Gasteiger charge is 2.14. The van der Waals surface area contributed by atoms with E-state index in [9.17, 15) is 10.1 Å². The molecule has 0 fully saturated rings. The third kappa shape index (κ3) is 3.42. The Morgan fingerprint density at radius 2 is 2.04 bits per heavy atom. The summed E-state index contributed by atoms with van der Waals surface area (Å²) in [5.41, 5.74) is 2.26. The maximum Gasteiger partial charge on any atom is 0.266 e. The predicted octanol–water partition coefficient (Wildman–Crippen LogP) is 3.40. The maximum atomic E-state index is 12.2. The molecule has 1 aromatic carbocycles. The summed E-state index contributed by atoms with van der Waals surface area (Å²) in [7, 11) is 1.75. The fourth-order valence-corrected chi connectivity index (χ4v) is 2.22. The van der Waals surface area contributed by atoms with Crippen LogP contribution in [0.2, 0.25) is 5.02 Å². The van der Waals surface area contributed by atoms with E-state index in [1.807, 2.05) is 13.0 Å². The summed E-state index contributed by atoms with van der Waals surface area (Å²) in [6, 6.07) is 12.3. The summed E-state index contributed by atoms with van der Waals surface area (Å²) in [5.74, 6) is -0.553. The molecule has 5 nitrogen and oxygen atoms in total. The second-order valence-electron chi connectivity index (χ2n) is 4.84. The van der Waals surface area contributed by atoms with Gasteiger partial charge < -0.3 is 9.88 Å². The summed E-state index contributed by atoms with van der Waals surface area (Å²) in [4.78, 5) is 12.2. The van der Waals surface area contributed by atoms with Gasteiger partial charge in [0, 0.05) is 12.7 Å². The molecule has 0 aliphatic carbocycles. The van der Waals surface area contributed by atoms with E-state index in [1.54, 1.807) is 41.9 Å². The lowest BCUT2D eigenvalue weighted by atomic mass is 10.1. The largest absolute Gasteiger partial charge is 0.339 e. The van der Waals surface area contributed by atoms with Gasteiger partial charge in [-0.15, -0.1) is 0 Å². The lowest BCUT2D eigenvalue weighted by Gasteiger charge is -2.06. The highest BCUT2D eigenvalue weighted by Crippen LogP contribution is 2.22. The molecule has 2 aromatic rings. The van der Waals surface area contributed by atoms with Gasteiger partial charge in [0.25, 0.3) is 5.91 Å². The van der Waals surface area contributed by atoms with Crippen LogP contribution in [-0.4, -0.2) is 10.5 Å². The number of aromatic nitrogens is 1. The standard InChI is InChI=1S/C17H13ClN4O/c1-11-12(8-14(10-20)22(11)2)7-13(9-19)17(23)21-16-6-4-3-5-15(16)18/h3-8H,1-2H3,(H,21,23)/b13-7+. The van der Waals surface area contributed by atoms with E-state index < -0.39 is 5.91 Å². The lowest BCUT2D eigenvalue weighted by Crippen LogP contribution is -2.13. The van der Waals surface area contributed by atoms with Crippen molar-refractivity contribution >= 4 is 29.3 Å². The van der Waals surface area contributed by atoms with E-state index in [-0.39, 0.29) is 5.57 Å². The van der Waals surface area contributed by atoms with Gasteiger partial charge in [-0.3, -0.25) is 4.79 Å². The van der Waals surface area contributed by atoms with Crippen molar-refractivity contribution in [2.45, 2.75) is 6.92 Å². The van der Waals surface area contributed by atoms with Crippen molar-refractivity contribution in [1.82, 2.24) is 4.57 Å². The first kappa shape index (κ1) is 16.4. The number of nitrogens with one attached hydrogen (secondary N) is 1. The zero-order chi connectivity index (χ0) is 17.0. The molecule has 1 amide bonds. The normalized spacial score (nSPS) is 10.7. The summed E-state index contributed by atoms with van der Waals surface area (Å²) in [5, 5.41) is 21.3. The smallest absolute Gasteiger partial charge is 0.266 e. The van der Waals surface area contributed by atoms with Crippen molar-refractivity contribution in [3.05, 3.63) is 57.9 Å². The van der Waals surface area contributed by atoms with Crippen LogP contribution in [0.1, 0.15) is 17.0 Å². The Kier molecular flexibility index (Phi) is 4.85. The van der Waals surface area contributed by atoms with Gasteiger partial charge in [-0.2, -0.15) is 10.5 Å². The second kappa shape index (κ2) is 6.83. The molecule has 2 rings (SSSR count). The molecule has 1 heterocycles. The van der Waals surface area contributed by atoms with Gasteiger partial charge in [0.05, 0.1) is 10.7 Å². The van der Waals surface area contributed by atoms with Crippen molar-refractivity contribution < 1.29 is 4.79 Å². The highest BCUT2D eigenvalue weighted by atomic mass is 35.5. The Bertz CT molecular complexity index is 881. The van der Waals surface area contributed by atoms with Crippen LogP contribution in [0.5, 0.6) is 0 Å². The molecule has 0 spiro atoms. The van der Waals surface area contributed by atoms with E-state index in [1.165, 1.54) is 6.08 Å². The molecule has 1 N–H and O–H groups in total. The number of benzene rings is 1. The maximum absolute atomic E-state index is 12.2. The average Bonchev–Trinajstić information content (AvgIpc) is 2.82. The number of carbonyl (C=O) groups is 1. The van der Waals surface area contributed by atoms with Crippen LogP contribution < -0.4 is 5.32 Å². The Labute approximate surface area is 139 Å². The molecule has 1 aromatic heterocycles. The molecule has 0 saturated heterocycles. The fourth-order valence-electron chi connectivity index (χ4n) is 2.03. The Morgan fingerprint density at radius 1 is 1.35 bits per heavy atom. The quantitative estimate of drug-likeness (QED) is 0.694. The van der Waals surface area contributed by atoms with Crippen molar-refractivity contribution in [2.75, 3.05) is 5.32 Å². The van der Waals surface area contributed by atoms with E-state index in [0.717, 1.165) is 5.69 Å². The predicted molar refractivity (Wildman–Crippen MR) is 88.5 cm³/mol. The number of hydrogen-bond acceptors (Lipinski definition) is 3. The zero-order valence-electron chi connectivity index (χ0n) is 12.6. The van der Waals surface area contributed by atoms with Crippen LogP contribution in [0.15, 0.2) is 35.9 Å². The minimum absolute atomic E-state index is 0.0666. The van der Waals surface area contributed by atoms with Gasteiger partial charge in [0.15, 0.2) is 0 Å². The number of nitriles is 2. The van der Waals surface area contributed by atoms with Crippen LogP contribution in [-0.2, 0) is 11.8 Å². The van der Waals surface area contributed by atoms with Crippen LogP contribution in [0.3, 0.4) is 0 Å². The number of para-hydroxylation sites is 1. The van der Waals surface area contributed by atoms with Crippen LogP contribution in [0, 0.1) is 29.6 Å². The molecular weight excluding hydrogens is 312 g/mol. The molecule has 23 heavy (non-hydrogen) atoms. The van der Waals surface area contributed by atoms with Gasteiger partial charge in [-0.05, 0) is 36.8 Å². The zero-order valence-corrected chi connectivity index (χ0v) is 13.3. The first-order valence-corrected chi connectivity index (χ1v) is 7.09. The summed E-state index contributed by atoms with van der Waals surface area (Å²) in [6.45, 7) is 1.81. The highest BCUT2D eigenvalue weighted by molar-refractivity contribution is 6.34. The monoisotopic (exact) mass is 324 g/mol. The average molecular weight is 325 g/mol. The number of nitrogens with zero attached hydrogens (tertiary/aromatic N) is 3. The van der Waals surface area contributed by atoms with Crippen LogP contribution >= 0.6 is 11.6 Å². The summed E-state index contributed by atoms with van der Waals surface area (Å²) >= 11 is 5.99. The molecular formula is C17H13ClN4O. The molecule has 0 aliphatic heterocycles. The third-order valence-electron chi connectivity index (χ3n) is 3.48. The van der Waals surface area contributed by atoms with E-state index in [0.29, 0.717) is 22.0 Å². The number of anilines is 1. The molecule has 6 heteroatoms. The lowest BCUT2D eigenvalue weighted by molar-refractivity contribution is -0.112. The van der Waals surface area contributed by atoms with Crippen molar-refractivity contribution in [3.63, 3.8) is 0 Å². The minimum Gasteiger partial charge on any atom is -0.339 e. The van der Waals surface area contributed by atoms with Crippen molar-refractivity contribution in [1.29, 1.82) is 10.5 Å². The van der Waals surface area contributed by atoms with Gasteiger partial charge >= 0.3 is 0 Å². The first-order valence-electron chi connectivity index (χ1n) is 6.72. The van der Waals surface area contributed by atoms with E-state index in [2.05, 4.69) is 11.4 Å². The van der Waals surface area contributed by atoms with E-state index >= 15 is 0 Å². The molecule has 0 radical (unpaired) electrons. The van der Waals surface area contributed by atoms with Crippen molar-refractivity contribution in [3.8, 4) is 12.1 Å². The topological polar surface area (TPSA) is 81.6 Å². The third-order valence-corrected chi connectivity index (χ3v) is 3.81. The molecule has 0 bridgehead atoms. The van der Waals surface area contributed by atoms with E-state index in [4.69, 9.17) is 16.9 Å². The molecule has 0 aliphatic rings. The first-order chi connectivity index (χ1) is 11.0. The van der Waals surface area contributed by atoms with Crippen LogP contribution in [0.25, 0.3) is 6.08 Å². The fraction of sp³-hybridized carbons (Fsp3) is 0.118. The number of rotatable bonds is 3. The number of carbonyl (C=O) groups excluding carboxylic acids is 1. The summed E-state index contributed by atoms with van der Waals surface area (Å²) in [6.07, 6.45) is 1.46. The second-order valence-corrected chi connectivity index (χ2v) is 5.25. The van der Waals surface area contributed by atoms with Gasteiger partial charge in [0.1, 0.15) is 23.4 Å². The minimum atomic E-state index is -0.553. The van der Waals surface area contributed by atoms with Gasteiger partial charge in [0.2, 0.25) is 0 Å². The molecule has 0 saturated carbocycles. The molecule has 114 valence electrons. The Hall–Kier alpha value is -3.02. The molecule has 0 unspecified atom stereocenters.